The van der Waals surface area contributed by atoms with Gasteiger partial charge in [0, 0.05) is 18.5 Å². The van der Waals surface area contributed by atoms with E-state index in [-0.39, 0.29) is 12.2 Å². The zero-order chi connectivity index (χ0) is 13.0. The molecule has 0 spiro atoms. The van der Waals surface area contributed by atoms with E-state index in [1.54, 1.807) is 0 Å². The van der Waals surface area contributed by atoms with Crippen LogP contribution in [-0.2, 0) is 4.74 Å². The van der Waals surface area contributed by atoms with Crippen molar-refractivity contribution in [2.45, 2.75) is 44.6 Å². The van der Waals surface area contributed by atoms with Crippen molar-refractivity contribution in [1.29, 1.82) is 0 Å². The smallest absolute Gasteiger partial charge is 0.410 e. The van der Waals surface area contributed by atoms with Crippen molar-refractivity contribution in [2.24, 2.45) is 28.9 Å². The van der Waals surface area contributed by atoms with E-state index in [1.165, 1.54) is 38.5 Å². The molecule has 4 nitrogen and oxygen atoms in total. The highest BCUT2D eigenvalue weighted by Crippen LogP contribution is 2.62. The quantitative estimate of drug-likeness (QED) is 0.848. The molecule has 1 saturated heterocycles. The second-order valence-corrected chi connectivity index (χ2v) is 7.39. The van der Waals surface area contributed by atoms with Crippen molar-refractivity contribution in [3.63, 3.8) is 0 Å². The highest BCUT2D eigenvalue weighted by atomic mass is 16.6. The van der Waals surface area contributed by atoms with Gasteiger partial charge in [-0.3, -0.25) is 0 Å². The number of amides is 1. The first kappa shape index (κ1) is 12.0. The third-order valence-electron chi connectivity index (χ3n) is 6.06. The van der Waals surface area contributed by atoms with E-state index in [0.29, 0.717) is 18.5 Å². The Labute approximate surface area is 114 Å². The molecule has 2 N–H and O–H groups in total. The van der Waals surface area contributed by atoms with Crippen LogP contribution in [0.3, 0.4) is 0 Å². The Morgan fingerprint density at radius 1 is 1.16 bits per heavy atom. The van der Waals surface area contributed by atoms with Gasteiger partial charge in [0.25, 0.3) is 0 Å². The summed E-state index contributed by atoms with van der Waals surface area (Å²) in [5, 5.41) is 0. The SMILES string of the molecule is NCCN1CC(C23CC4CC(CC(C4)C2)C3)OC1=O. The van der Waals surface area contributed by atoms with Crippen molar-refractivity contribution in [3.8, 4) is 0 Å². The molecule has 0 radical (unpaired) electrons. The molecule has 4 aliphatic carbocycles. The summed E-state index contributed by atoms with van der Waals surface area (Å²) in [4.78, 5) is 13.7. The standard InChI is InChI=1S/C15H24N2O2/c16-1-2-17-9-13(19-14(17)18)15-6-10-3-11(7-15)5-12(4-10)8-15/h10-13H,1-9,16H2. The number of carbonyl (C=O) groups excluding carboxylic acids is 1. The van der Waals surface area contributed by atoms with Gasteiger partial charge in [-0.15, -0.1) is 0 Å². The lowest BCUT2D eigenvalue weighted by Crippen LogP contribution is -2.52. The lowest BCUT2D eigenvalue weighted by atomic mass is 9.48. The van der Waals surface area contributed by atoms with Gasteiger partial charge in [0.1, 0.15) is 6.10 Å². The van der Waals surface area contributed by atoms with E-state index in [2.05, 4.69) is 0 Å². The van der Waals surface area contributed by atoms with Crippen LogP contribution in [0.5, 0.6) is 0 Å². The van der Waals surface area contributed by atoms with Gasteiger partial charge in [0.05, 0.1) is 6.54 Å². The fraction of sp³-hybridized carbons (Fsp3) is 0.933. The molecule has 19 heavy (non-hydrogen) atoms. The van der Waals surface area contributed by atoms with Gasteiger partial charge in [0.2, 0.25) is 0 Å². The van der Waals surface area contributed by atoms with Crippen LogP contribution >= 0.6 is 0 Å². The number of carbonyl (C=O) groups is 1. The lowest BCUT2D eigenvalue weighted by molar-refractivity contribution is -0.109. The predicted molar refractivity (Wildman–Crippen MR) is 71.5 cm³/mol. The van der Waals surface area contributed by atoms with Crippen molar-refractivity contribution < 1.29 is 9.53 Å². The Morgan fingerprint density at radius 3 is 2.26 bits per heavy atom. The first-order chi connectivity index (χ1) is 9.18. The van der Waals surface area contributed by atoms with Crippen molar-refractivity contribution >= 4 is 6.09 Å². The molecule has 1 atom stereocenters. The number of nitrogens with zero attached hydrogens (tertiary/aromatic N) is 1. The third-order valence-corrected chi connectivity index (χ3v) is 6.06. The number of cyclic esters (lactones) is 1. The molecule has 106 valence electrons. The number of rotatable bonds is 3. The van der Waals surface area contributed by atoms with Crippen LogP contribution in [0, 0.1) is 23.2 Å². The van der Waals surface area contributed by atoms with Crippen LogP contribution in [0.1, 0.15) is 38.5 Å². The van der Waals surface area contributed by atoms with Gasteiger partial charge in [-0.25, -0.2) is 4.79 Å². The van der Waals surface area contributed by atoms with Crippen LogP contribution in [0.15, 0.2) is 0 Å². The molecular formula is C15H24N2O2. The first-order valence-electron chi connectivity index (χ1n) is 7.84. The average molecular weight is 264 g/mol. The van der Waals surface area contributed by atoms with Crippen LogP contribution in [-0.4, -0.2) is 36.7 Å². The van der Waals surface area contributed by atoms with Gasteiger partial charge < -0.3 is 15.4 Å². The minimum Gasteiger partial charge on any atom is -0.444 e. The molecule has 5 fully saturated rings. The summed E-state index contributed by atoms with van der Waals surface area (Å²) < 4.78 is 5.74. The number of hydrogen-bond acceptors (Lipinski definition) is 3. The third kappa shape index (κ3) is 1.79. The van der Waals surface area contributed by atoms with Crippen LogP contribution < -0.4 is 5.73 Å². The van der Waals surface area contributed by atoms with Crippen molar-refractivity contribution in [2.75, 3.05) is 19.6 Å². The summed E-state index contributed by atoms with van der Waals surface area (Å²) >= 11 is 0. The van der Waals surface area contributed by atoms with E-state index in [4.69, 9.17) is 10.5 Å². The van der Waals surface area contributed by atoms with Gasteiger partial charge in [-0.2, -0.15) is 0 Å². The molecule has 5 aliphatic rings. The number of ether oxygens (including phenoxy) is 1. The maximum atomic E-state index is 11.9. The molecule has 1 amide bonds. The molecule has 5 rings (SSSR count). The van der Waals surface area contributed by atoms with Crippen molar-refractivity contribution in [3.05, 3.63) is 0 Å². The Bertz CT molecular complexity index is 360. The minimum atomic E-state index is -0.133. The topological polar surface area (TPSA) is 55.6 Å². The zero-order valence-electron chi connectivity index (χ0n) is 11.5. The van der Waals surface area contributed by atoms with Gasteiger partial charge in [-0.05, 0) is 56.3 Å². The fourth-order valence-electron chi connectivity index (χ4n) is 5.74. The second kappa shape index (κ2) is 4.11. The molecule has 0 aromatic carbocycles. The first-order valence-corrected chi connectivity index (χ1v) is 7.84. The number of nitrogens with two attached hydrogens (primary N) is 1. The van der Waals surface area contributed by atoms with Crippen LogP contribution in [0.25, 0.3) is 0 Å². The molecule has 4 saturated carbocycles. The molecule has 4 heteroatoms. The summed E-state index contributed by atoms with van der Waals surface area (Å²) in [5.74, 6) is 2.73. The van der Waals surface area contributed by atoms with E-state index in [0.717, 1.165) is 24.3 Å². The number of hydrogen-bond donors (Lipinski definition) is 1. The fourth-order valence-corrected chi connectivity index (χ4v) is 5.74. The average Bonchev–Trinajstić information content (AvgIpc) is 2.70. The largest absolute Gasteiger partial charge is 0.444 e. The zero-order valence-corrected chi connectivity index (χ0v) is 11.5. The summed E-state index contributed by atoms with van der Waals surface area (Å²) in [6.45, 7) is 1.95. The Hall–Kier alpha value is -0.770. The molecule has 1 aliphatic heterocycles. The molecule has 1 heterocycles. The van der Waals surface area contributed by atoms with Gasteiger partial charge in [0.15, 0.2) is 0 Å². The maximum Gasteiger partial charge on any atom is 0.410 e. The van der Waals surface area contributed by atoms with Crippen molar-refractivity contribution in [1.82, 2.24) is 4.90 Å². The molecule has 0 aromatic rings. The predicted octanol–water partition coefficient (Wildman–Crippen LogP) is 1.98. The van der Waals surface area contributed by atoms with E-state index < -0.39 is 0 Å². The van der Waals surface area contributed by atoms with Gasteiger partial charge >= 0.3 is 6.09 Å². The van der Waals surface area contributed by atoms with Gasteiger partial charge in [-0.1, -0.05) is 0 Å². The van der Waals surface area contributed by atoms with E-state index in [1.807, 2.05) is 4.90 Å². The van der Waals surface area contributed by atoms with E-state index >= 15 is 0 Å². The molecular weight excluding hydrogens is 240 g/mol. The van der Waals surface area contributed by atoms with Crippen LogP contribution in [0.4, 0.5) is 4.79 Å². The molecule has 0 aromatic heterocycles. The summed E-state index contributed by atoms with van der Waals surface area (Å²) in [6, 6.07) is 0. The monoisotopic (exact) mass is 264 g/mol. The lowest BCUT2D eigenvalue weighted by Gasteiger charge is -2.58. The van der Waals surface area contributed by atoms with E-state index in [9.17, 15) is 4.79 Å². The summed E-state index contributed by atoms with van der Waals surface area (Å²) in [7, 11) is 0. The normalized spacial score (nSPS) is 47.8. The Balaban J connectivity index is 1.54. The summed E-state index contributed by atoms with van der Waals surface area (Å²) in [6.07, 6.45) is 8.21. The summed E-state index contributed by atoms with van der Waals surface area (Å²) in [5.41, 5.74) is 5.89. The maximum absolute atomic E-state index is 11.9. The highest BCUT2D eigenvalue weighted by Gasteiger charge is 2.57. The highest BCUT2D eigenvalue weighted by molar-refractivity contribution is 5.70. The second-order valence-electron chi connectivity index (χ2n) is 7.39. The minimum absolute atomic E-state index is 0.133. The molecule has 4 bridgehead atoms. The molecule has 1 unspecified atom stereocenters. The Morgan fingerprint density at radius 2 is 1.74 bits per heavy atom. The van der Waals surface area contributed by atoms with Crippen LogP contribution in [0.2, 0.25) is 0 Å². The Kier molecular flexibility index (Phi) is 2.60.